The van der Waals surface area contributed by atoms with Crippen LogP contribution in [0.25, 0.3) is 11.3 Å². The molecule has 2 aromatic carbocycles. The number of benzene rings is 2. The standard InChI is InChI=1S/C27H26ClN5O3/c28-23-12-29-27(30-20-10-21(34)11-20)31-25(23)17-5-6-19-14-33(26(36)22(19)9-17)15-24(35)32-8-7-16-3-1-2-4-18(16)13-32/h1-6,9,12,20-21,34H,7-8,10-11,13-15H2,(H,29,30,31)/t20-,21-. The molecule has 0 unspecified atom stereocenters. The minimum absolute atomic E-state index is 0.0402. The van der Waals surface area contributed by atoms with E-state index in [4.69, 9.17) is 11.6 Å². The van der Waals surface area contributed by atoms with E-state index in [-0.39, 0.29) is 30.5 Å². The van der Waals surface area contributed by atoms with Gasteiger partial charge in [0.25, 0.3) is 5.91 Å². The van der Waals surface area contributed by atoms with Gasteiger partial charge in [-0.2, -0.15) is 0 Å². The van der Waals surface area contributed by atoms with E-state index < -0.39 is 0 Å². The molecule has 184 valence electrons. The number of nitrogens with zero attached hydrogens (tertiary/aromatic N) is 4. The van der Waals surface area contributed by atoms with Gasteiger partial charge < -0.3 is 20.2 Å². The molecule has 3 aliphatic rings. The number of aliphatic hydroxyl groups is 1. The van der Waals surface area contributed by atoms with Gasteiger partial charge in [0, 0.05) is 36.8 Å². The molecule has 6 rings (SSSR count). The molecule has 36 heavy (non-hydrogen) atoms. The van der Waals surface area contributed by atoms with Crippen LogP contribution in [0.2, 0.25) is 5.02 Å². The number of aliphatic hydroxyl groups excluding tert-OH is 1. The lowest BCUT2D eigenvalue weighted by Crippen LogP contribution is -2.42. The summed E-state index contributed by atoms with van der Waals surface area (Å²) < 4.78 is 0. The van der Waals surface area contributed by atoms with E-state index in [2.05, 4.69) is 27.4 Å². The van der Waals surface area contributed by atoms with Crippen LogP contribution >= 0.6 is 11.6 Å². The molecule has 3 aromatic rings. The Hall–Kier alpha value is -3.49. The molecular weight excluding hydrogens is 478 g/mol. The molecule has 0 atom stereocenters. The van der Waals surface area contributed by atoms with Crippen LogP contribution in [0.3, 0.4) is 0 Å². The summed E-state index contributed by atoms with van der Waals surface area (Å²) in [6, 6.07) is 13.9. The van der Waals surface area contributed by atoms with Crippen molar-refractivity contribution in [1.82, 2.24) is 19.8 Å². The zero-order valence-corrected chi connectivity index (χ0v) is 20.4. The van der Waals surface area contributed by atoms with Gasteiger partial charge in [-0.1, -0.05) is 48.0 Å². The highest BCUT2D eigenvalue weighted by Gasteiger charge is 2.32. The molecule has 0 bridgehead atoms. The van der Waals surface area contributed by atoms with Crippen LogP contribution in [0, 0.1) is 0 Å². The number of nitrogens with one attached hydrogen (secondary N) is 1. The van der Waals surface area contributed by atoms with Crippen molar-refractivity contribution in [2.45, 2.75) is 44.5 Å². The lowest BCUT2D eigenvalue weighted by molar-refractivity contribution is -0.132. The Morgan fingerprint density at radius 2 is 1.92 bits per heavy atom. The largest absolute Gasteiger partial charge is 0.393 e. The molecular formula is C27H26ClN5O3. The first-order chi connectivity index (χ1) is 17.4. The van der Waals surface area contributed by atoms with E-state index in [1.807, 2.05) is 29.2 Å². The van der Waals surface area contributed by atoms with Gasteiger partial charge in [0.05, 0.1) is 23.0 Å². The smallest absolute Gasteiger partial charge is 0.254 e. The van der Waals surface area contributed by atoms with Crippen LogP contribution in [-0.4, -0.2) is 61.9 Å². The molecule has 1 aliphatic carbocycles. The highest BCUT2D eigenvalue weighted by molar-refractivity contribution is 6.33. The summed E-state index contributed by atoms with van der Waals surface area (Å²) in [6.07, 6.45) is 3.41. The first-order valence-corrected chi connectivity index (χ1v) is 12.6. The Balaban J connectivity index is 1.16. The number of anilines is 1. The molecule has 8 nitrogen and oxygen atoms in total. The number of aromatic nitrogens is 2. The van der Waals surface area contributed by atoms with E-state index in [0.29, 0.717) is 60.3 Å². The summed E-state index contributed by atoms with van der Waals surface area (Å²) in [5, 5.41) is 13.1. The van der Waals surface area contributed by atoms with E-state index in [1.54, 1.807) is 11.0 Å². The Labute approximate surface area is 213 Å². The second-order valence-corrected chi connectivity index (χ2v) is 10.1. The molecule has 1 fully saturated rings. The Morgan fingerprint density at radius 1 is 1.11 bits per heavy atom. The van der Waals surface area contributed by atoms with Crippen LogP contribution < -0.4 is 5.32 Å². The number of hydrogen-bond acceptors (Lipinski definition) is 6. The maximum Gasteiger partial charge on any atom is 0.254 e. The van der Waals surface area contributed by atoms with Gasteiger partial charge in [0.2, 0.25) is 11.9 Å². The fraction of sp³-hybridized carbons (Fsp3) is 0.333. The van der Waals surface area contributed by atoms with Gasteiger partial charge in [-0.05, 0) is 42.0 Å². The van der Waals surface area contributed by atoms with Crippen molar-refractivity contribution < 1.29 is 14.7 Å². The van der Waals surface area contributed by atoms with E-state index in [1.165, 1.54) is 17.3 Å². The van der Waals surface area contributed by atoms with Gasteiger partial charge in [0.1, 0.15) is 6.54 Å². The Kier molecular flexibility index (Phi) is 5.85. The summed E-state index contributed by atoms with van der Waals surface area (Å²) in [5.41, 5.74) is 5.15. The molecule has 1 saturated carbocycles. The van der Waals surface area contributed by atoms with Crippen molar-refractivity contribution in [1.29, 1.82) is 0 Å². The van der Waals surface area contributed by atoms with E-state index in [0.717, 1.165) is 12.0 Å². The first kappa shape index (κ1) is 22.9. The lowest BCUT2D eigenvalue weighted by Gasteiger charge is -2.31. The third-order valence-electron chi connectivity index (χ3n) is 7.26. The third-order valence-corrected chi connectivity index (χ3v) is 7.54. The van der Waals surface area contributed by atoms with Crippen LogP contribution in [-0.2, 0) is 24.3 Å². The monoisotopic (exact) mass is 503 g/mol. The fourth-order valence-electron chi connectivity index (χ4n) is 5.14. The molecule has 2 amide bonds. The van der Waals surface area contributed by atoms with Crippen LogP contribution in [0.15, 0.2) is 48.7 Å². The highest BCUT2D eigenvalue weighted by atomic mass is 35.5. The average molecular weight is 504 g/mol. The summed E-state index contributed by atoms with van der Waals surface area (Å²) in [7, 11) is 0. The minimum atomic E-state index is -0.280. The maximum atomic E-state index is 13.2. The first-order valence-electron chi connectivity index (χ1n) is 12.2. The molecule has 3 heterocycles. The van der Waals surface area contributed by atoms with Crippen molar-refractivity contribution >= 4 is 29.4 Å². The van der Waals surface area contributed by atoms with Crippen LogP contribution in [0.1, 0.15) is 39.9 Å². The minimum Gasteiger partial charge on any atom is -0.393 e. The topological polar surface area (TPSA) is 98.7 Å². The quantitative estimate of drug-likeness (QED) is 0.554. The fourth-order valence-corrected chi connectivity index (χ4v) is 5.34. The maximum absolute atomic E-state index is 13.2. The predicted molar refractivity (Wildman–Crippen MR) is 135 cm³/mol. The van der Waals surface area contributed by atoms with Crippen molar-refractivity contribution in [3.8, 4) is 11.3 Å². The summed E-state index contributed by atoms with van der Waals surface area (Å²) in [5.74, 6) is 0.236. The lowest BCUT2D eigenvalue weighted by atomic mass is 9.90. The second-order valence-electron chi connectivity index (χ2n) is 9.72. The number of halogens is 1. The predicted octanol–water partition coefficient (Wildman–Crippen LogP) is 3.27. The number of fused-ring (bicyclic) bond motifs is 2. The van der Waals surface area contributed by atoms with E-state index in [9.17, 15) is 14.7 Å². The SMILES string of the molecule is O=C(CN1Cc2ccc(-c3nc(N[C@H]4C[C@H](O)C4)ncc3Cl)cc2C1=O)N1CCc2ccccc2C1. The zero-order valence-electron chi connectivity index (χ0n) is 19.7. The zero-order chi connectivity index (χ0) is 24.8. The molecule has 2 N–H and O–H groups in total. The van der Waals surface area contributed by atoms with Gasteiger partial charge in [-0.3, -0.25) is 9.59 Å². The van der Waals surface area contributed by atoms with Gasteiger partial charge in [-0.25, -0.2) is 9.97 Å². The van der Waals surface area contributed by atoms with E-state index >= 15 is 0 Å². The molecule has 2 aliphatic heterocycles. The summed E-state index contributed by atoms with van der Waals surface area (Å²) >= 11 is 6.41. The Bertz CT molecular complexity index is 1360. The average Bonchev–Trinajstić information content (AvgIpc) is 3.18. The normalized spacial score (nSPS) is 20.6. The van der Waals surface area contributed by atoms with Crippen LogP contribution in [0.4, 0.5) is 5.95 Å². The molecule has 0 saturated heterocycles. The highest BCUT2D eigenvalue weighted by Crippen LogP contribution is 2.32. The number of hydrogen-bond donors (Lipinski definition) is 2. The molecule has 0 spiro atoms. The van der Waals surface area contributed by atoms with Crippen molar-refractivity contribution in [3.05, 3.63) is 75.9 Å². The van der Waals surface area contributed by atoms with Crippen LogP contribution in [0.5, 0.6) is 0 Å². The van der Waals surface area contributed by atoms with Crippen molar-refractivity contribution in [3.63, 3.8) is 0 Å². The number of carbonyl (C=O) groups excluding carboxylic acids is 2. The molecule has 1 aromatic heterocycles. The van der Waals surface area contributed by atoms with Gasteiger partial charge in [-0.15, -0.1) is 0 Å². The number of rotatable bonds is 5. The summed E-state index contributed by atoms with van der Waals surface area (Å²) in [4.78, 5) is 38.5. The third kappa shape index (κ3) is 4.31. The molecule has 0 radical (unpaired) electrons. The summed E-state index contributed by atoms with van der Waals surface area (Å²) in [6.45, 7) is 1.70. The van der Waals surface area contributed by atoms with Gasteiger partial charge in [0.15, 0.2) is 0 Å². The molecule has 9 heteroatoms. The Morgan fingerprint density at radius 3 is 2.72 bits per heavy atom. The van der Waals surface area contributed by atoms with Crippen molar-refractivity contribution in [2.75, 3.05) is 18.4 Å². The van der Waals surface area contributed by atoms with Crippen molar-refractivity contribution in [2.24, 2.45) is 0 Å². The van der Waals surface area contributed by atoms with Gasteiger partial charge >= 0.3 is 0 Å². The number of carbonyl (C=O) groups is 2. The number of amides is 2. The second kappa shape index (κ2) is 9.19.